The molecule has 12 heavy (non-hydrogen) atoms. The second kappa shape index (κ2) is 5.90. The van der Waals surface area contributed by atoms with Crippen LogP contribution in [0, 0.1) is 11.8 Å². The molecule has 0 saturated heterocycles. The molecule has 0 aliphatic rings. The Morgan fingerprint density at radius 1 is 1.17 bits per heavy atom. The Morgan fingerprint density at radius 3 is 1.67 bits per heavy atom. The third-order valence-corrected chi connectivity index (χ3v) is 2.79. The largest absolute Gasteiger partial charge is 0.556 e. The van der Waals surface area contributed by atoms with Gasteiger partial charge in [0.05, 0.1) is 0 Å². The highest BCUT2D eigenvalue weighted by atomic mass is 35.7. The number of hydrogen-bond donors (Lipinski definition) is 0. The van der Waals surface area contributed by atoms with Gasteiger partial charge in [0.2, 0.25) is 11.2 Å². The van der Waals surface area contributed by atoms with E-state index in [2.05, 4.69) is 27.7 Å². The summed E-state index contributed by atoms with van der Waals surface area (Å²) in [6.45, 7) is 10.0. The molecule has 2 nitrogen and oxygen atoms in total. The van der Waals surface area contributed by atoms with E-state index in [9.17, 15) is 4.57 Å². The van der Waals surface area contributed by atoms with Gasteiger partial charge in [-0.05, 0) is 16.4 Å². The first-order valence-corrected chi connectivity index (χ1v) is 6.43. The number of nitrogens with zero attached hydrogens (tertiary/aromatic N) is 1. The van der Waals surface area contributed by atoms with Crippen LogP contribution in [-0.2, 0) is 4.57 Å². The number of rotatable bonds is 5. The van der Waals surface area contributed by atoms with Crippen molar-refractivity contribution >= 4 is 18.5 Å². The van der Waals surface area contributed by atoms with Crippen molar-refractivity contribution in [1.82, 2.24) is 4.67 Å². The van der Waals surface area contributed by atoms with E-state index < -0.39 is 7.30 Å². The molecule has 0 aliphatic carbocycles. The van der Waals surface area contributed by atoms with Gasteiger partial charge in [-0.2, -0.15) is 0 Å². The fourth-order valence-corrected chi connectivity index (χ4v) is 2.33. The van der Waals surface area contributed by atoms with Crippen molar-refractivity contribution in [2.24, 2.45) is 11.8 Å². The van der Waals surface area contributed by atoms with Gasteiger partial charge in [-0.25, -0.2) is 0 Å². The monoisotopic (exact) mass is 210 g/mol. The molecular weight excluding hydrogens is 193 g/mol. The zero-order valence-electron chi connectivity index (χ0n) is 8.25. The highest BCUT2D eigenvalue weighted by Crippen LogP contribution is 2.33. The molecular formula is C8H18ClNOP+. The molecule has 0 aromatic heterocycles. The summed E-state index contributed by atoms with van der Waals surface area (Å²) in [4.78, 5) is 0. The summed E-state index contributed by atoms with van der Waals surface area (Å²) in [5.74, 6) is 1.03. The third-order valence-electron chi connectivity index (χ3n) is 1.37. The molecule has 0 N–H and O–H groups in total. The molecule has 0 rings (SSSR count). The Kier molecular flexibility index (Phi) is 6.08. The van der Waals surface area contributed by atoms with E-state index in [0.717, 1.165) is 13.1 Å². The molecule has 0 aromatic carbocycles. The van der Waals surface area contributed by atoms with Crippen LogP contribution in [-0.4, -0.2) is 17.8 Å². The molecule has 4 heteroatoms. The Hall–Kier alpha value is 0.350. The van der Waals surface area contributed by atoms with Crippen LogP contribution in [0.2, 0.25) is 0 Å². The van der Waals surface area contributed by atoms with E-state index in [1.165, 1.54) is 0 Å². The fourth-order valence-electron chi connectivity index (χ4n) is 1.05. The van der Waals surface area contributed by atoms with Gasteiger partial charge in [0.25, 0.3) is 0 Å². The van der Waals surface area contributed by atoms with Crippen LogP contribution < -0.4 is 0 Å². The first-order chi connectivity index (χ1) is 5.43. The SMILES string of the molecule is CC(C)CN(CC(C)C)[P+](=O)Cl. The van der Waals surface area contributed by atoms with Crippen LogP contribution in [0.5, 0.6) is 0 Å². The molecule has 1 atom stereocenters. The lowest BCUT2D eigenvalue weighted by Crippen LogP contribution is -2.23. The minimum atomic E-state index is -1.67. The Labute approximate surface area is 80.9 Å². The predicted octanol–water partition coefficient (Wildman–Crippen LogP) is 3.50. The predicted molar refractivity (Wildman–Crippen MR) is 54.7 cm³/mol. The smallest absolute Gasteiger partial charge is 0.0796 e. The van der Waals surface area contributed by atoms with Gasteiger partial charge >= 0.3 is 7.30 Å². The first kappa shape index (κ1) is 12.3. The molecule has 0 aromatic rings. The lowest BCUT2D eigenvalue weighted by Gasteiger charge is -2.13. The maximum Gasteiger partial charge on any atom is 0.556 e. The molecule has 0 fully saturated rings. The summed E-state index contributed by atoms with van der Waals surface area (Å²) in [6, 6.07) is 0. The molecule has 0 radical (unpaired) electrons. The molecule has 0 bridgehead atoms. The lowest BCUT2D eigenvalue weighted by atomic mass is 10.2. The minimum Gasteiger partial charge on any atom is -0.0796 e. The van der Waals surface area contributed by atoms with Crippen LogP contribution in [0.3, 0.4) is 0 Å². The van der Waals surface area contributed by atoms with Gasteiger partial charge in [-0.1, -0.05) is 32.4 Å². The fraction of sp³-hybridized carbons (Fsp3) is 1.00. The molecule has 0 heterocycles. The maximum absolute atomic E-state index is 11.1. The van der Waals surface area contributed by atoms with Gasteiger partial charge in [-0.3, -0.25) is 0 Å². The average molecular weight is 211 g/mol. The highest BCUT2D eigenvalue weighted by molar-refractivity contribution is 7.71. The molecule has 1 unspecified atom stereocenters. The average Bonchev–Trinajstić information content (AvgIpc) is 1.83. The quantitative estimate of drug-likeness (QED) is 0.648. The summed E-state index contributed by atoms with van der Waals surface area (Å²) in [7, 11) is -1.67. The van der Waals surface area contributed by atoms with Gasteiger partial charge in [0.1, 0.15) is 0 Å². The van der Waals surface area contributed by atoms with Crippen LogP contribution in [0.25, 0.3) is 0 Å². The van der Waals surface area contributed by atoms with Gasteiger partial charge < -0.3 is 0 Å². The summed E-state index contributed by atoms with van der Waals surface area (Å²) in [6.07, 6.45) is 0. The summed E-state index contributed by atoms with van der Waals surface area (Å²) < 4.78 is 12.9. The van der Waals surface area contributed by atoms with Crippen LogP contribution in [0.4, 0.5) is 0 Å². The molecule has 0 spiro atoms. The van der Waals surface area contributed by atoms with E-state index in [1.54, 1.807) is 0 Å². The van der Waals surface area contributed by atoms with Crippen LogP contribution >= 0.6 is 18.5 Å². The van der Waals surface area contributed by atoms with Gasteiger partial charge in [0.15, 0.2) is 0 Å². The summed E-state index contributed by atoms with van der Waals surface area (Å²) >= 11 is 5.57. The Morgan fingerprint density at radius 2 is 1.50 bits per heavy atom. The molecule has 0 aliphatic heterocycles. The summed E-state index contributed by atoms with van der Waals surface area (Å²) in [5, 5.41) is 0. The Balaban J connectivity index is 3.96. The summed E-state index contributed by atoms with van der Waals surface area (Å²) in [5.41, 5.74) is 0. The third kappa shape index (κ3) is 5.93. The van der Waals surface area contributed by atoms with E-state index in [4.69, 9.17) is 11.2 Å². The van der Waals surface area contributed by atoms with Gasteiger partial charge in [0, 0.05) is 13.1 Å². The topological polar surface area (TPSA) is 20.3 Å². The van der Waals surface area contributed by atoms with Gasteiger partial charge in [-0.15, -0.1) is 0 Å². The second-order valence-electron chi connectivity index (χ2n) is 3.89. The Bertz CT molecular complexity index is 140. The zero-order chi connectivity index (χ0) is 9.72. The lowest BCUT2D eigenvalue weighted by molar-refractivity contribution is 0.345. The zero-order valence-corrected chi connectivity index (χ0v) is 9.90. The minimum absolute atomic E-state index is 0.515. The maximum atomic E-state index is 11.1. The highest BCUT2D eigenvalue weighted by Gasteiger charge is 2.26. The normalized spacial score (nSPS) is 13.2. The molecule has 0 amide bonds. The second-order valence-corrected chi connectivity index (χ2v) is 5.77. The van der Waals surface area contributed by atoms with Crippen molar-refractivity contribution in [3.63, 3.8) is 0 Å². The van der Waals surface area contributed by atoms with Crippen molar-refractivity contribution in [3.05, 3.63) is 0 Å². The van der Waals surface area contributed by atoms with Crippen molar-refractivity contribution in [1.29, 1.82) is 0 Å². The van der Waals surface area contributed by atoms with E-state index in [-0.39, 0.29) is 0 Å². The van der Waals surface area contributed by atoms with Crippen molar-refractivity contribution in [2.75, 3.05) is 13.1 Å². The number of halogens is 1. The van der Waals surface area contributed by atoms with Crippen molar-refractivity contribution in [2.45, 2.75) is 27.7 Å². The molecule has 0 saturated carbocycles. The van der Waals surface area contributed by atoms with Crippen molar-refractivity contribution in [3.8, 4) is 0 Å². The molecule has 72 valence electrons. The van der Waals surface area contributed by atoms with Crippen LogP contribution in [0.15, 0.2) is 0 Å². The standard InChI is InChI=1S/C8H18ClNOP/c1-7(2)5-10(12(9)11)6-8(3)4/h7-8H,5-6H2,1-4H3/q+1. The van der Waals surface area contributed by atoms with E-state index in [0.29, 0.717) is 11.8 Å². The van der Waals surface area contributed by atoms with E-state index in [1.807, 2.05) is 4.67 Å². The van der Waals surface area contributed by atoms with E-state index >= 15 is 0 Å². The number of hydrogen-bond acceptors (Lipinski definition) is 1. The van der Waals surface area contributed by atoms with Crippen molar-refractivity contribution < 1.29 is 4.57 Å². The van der Waals surface area contributed by atoms with Crippen LogP contribution in [0.1, 0.15) is 27.7 Å². The first-order valence-electron chi connectivity index (χ1n) is 4.31.